The summed E-state index contributed by atoms with van der Waals surface area (Å²) in [6.07, 6.45) is 1.71. The molecule has 1 rings (SSSR count). The van der Waals surface area contributed by atoms with Crippen LogP contribution in [0, 0.1) is 0 Å². The number of aliphatic carboxylic acids is 1. The van der Waals surface area contributed by atoms with E-state index in [0.29, 0.717) is 6.54 Å². The van der Waals surface area contributed by atoms with Gasteiger partial charge in [-0.25, -0.2) is 0 Å². The zero-order valence-electron chi connectivity index (χ0n) is 12.3. The Bertz CT molecular complexity index is 545. The number of nitrogens with zero attached hydrogens (tertiary/aromatic N) is 1. The molecule has 1 aromatic rings. The Labute approximate surface area is 126 Å². The lowest BCUT2D eigenvalue weighted by Crippen LogP contribution is -2.48. The van der Waals surface area contributed by atoms with E-state index in [4.69, 9.17) is 0 Å². The third-order valence-corrected chi connectivity index (χ3v) is 4.69. The molecule has 0 aromatic heterocycles. The van der Waals surface area contributed by atoms with Gasteiger partial charge in [-0.3, -0.25) is 4.79 Å². The van der Waals surface area contributed by atoms with Crippen molar-refractivity contribution >= 4 is 16.2 Å². The number of carbonyl (C=O) groups is 1. The summed E-state index contributed by atoms with van der Waals surface area (Å²) in [6, 6.07) is 7.76. The van der Waals surface area contributed by atoms with Gasteiger partial charge in [-0.1, -0.05) is 43.7 Å². The third kappa shape index (κ3) is 5.82. The van der Waals surface area contributed by atoms with Crippen molar-refractivity contribution in [3.63, 3.8) is 0 Å². The van der Waals surface area contributed by atoms with Crippen molar-refractivity contribution in [2.75, 3.05) is 13.6 Å². The van der Waals surface area contributed by atoms with Crippen molar-refractivity contribution in [3.05, 3.63) is 35.9 Å². The van der Waals surface area contributed by atoms with Gasteiger partial charge in [0.25, 0.3) is 10.2 Å². The van der Waals surface area contributed by atoms with Gasteiger partial charge in [0.05, 0.1) is 0 Å². The van der Waals surface area contributed by atoms with Crippen LogP contribution in [-0.4, -0.2) is 43.4 Å². The van der Waals surface area contributed by atoms with E-state index < -0.39 is 22.2 Å². The van der Waals surface area contributed by atoms with Crippen molar-refractivity contribution in [2.24, 2.45) is 0 Å². The lowest BCUT2D eigenvalue weighted by Gasteiger charge is -2.21. The van der Waals surface area contributed by atoms with E-state index in [2.05, 4.69) is 4.72 Å². The minimum Gasteiger partial charge on any atom is -0.480 e. The molecule has 0 aliphatic heterocycles. The van der Waals surface area contributed by atoms with Crippen LogP contribution in [0.15, 0.2) is 30.3 Å². The first-order valence-electron chi connectivity index (χ1n) is 6.87. The van der Waals surface area contributed by atoms with Crippen LogP contribution in [0.4, 0.5) is 0 Å². The van der Waals surface area contributed by atoms with E-state index in [0.717, 1.165) is 22.7 Å². The van der Waals surface area contributed by atoms with E-state index in [1.807, 2.05) is 13.0 Å². The lowest BCUT2D eigenvalue weighted by atomic mass is 10.1. The summed E-state index contributed by atoms with van der Waals surface area (Å²) >= 11 is 0. The number of nitrogens with one attached hydrogen (secondary N) is 1. The average molecular weight is 314 g/mol. The van der Waals surface area contributed by atoms with Gasteiger partial charge in [0.2, 0.25) is 0 Å². The van der Waals surface area contributed by atoms with Crippen LogP contribution in [0.2, 0.25) is 0 Å². The Hall–Kier alpha value is -1.44. The molecular weight excluding hydrogens is 292 g/mol. The van der Waals surface area contributed by atoms with Crippen molar-refractivity contribution in [1.82, 2.24) is 9.03 Å². The lowest BCUT2D eigenvalue weighted by molar-refractivity contribution is -0.138. The van der Waals surface area contributed by atoms with Crippen molar-refractivity contribution in [2.45, 2.75) is 32.2 Å². The van der Waals surface area contributed by atoms with Crippen LogP contribution in [0.25, 0.3) is 0 Å². The highest BCUT2D eigenvalue weighted by atomic mass is 32.2. The number of hydrogen-bond donors (Lipinski definition) is 2. The molecular formula is C14H22N2O4S. The quantitative estimate of drug-likeness (QED) is 0.718. The number of carboxylic acids is 1. The van der Waals surface area contributed by atoms with E-state index in [1.54, 1.807) is 24.3 Å². The summed E-state index contributed by atoms with van der Waals surface area (Å²) in [6.45, 7) is 2.33. The van der Waals surface area contributed by atoms with Gasteiger partial charge in [0, 0.05) is 13.6 Å². The molecule has 0 radical (unpaired) electrons. The van der Waals surface area contributed by atoms with Crippen molar-refractivity contribution < 1.29 is 18.3 Å². The van der Waals surface area contributed by atoms with Gasteiger partial charge in [-0.05, 0) is 18.4 Å². The molecule has 2 N–H and O–H groups in total. The summed E-state index contributed by atoms with van der Waals surface area (Å²) < 4.78 is 27.6. The summed E-state index contributed by atoms with van der Waals surface area (Å²) in [5.41, 5.74) is 0.767. The molecule has 0 unspecified atom stereocenters. The van der Waals surface area contributed by atoms with E-state index >= 15 is 0 Å². The summed E-state index contributed by atoms with van der Waals surface area (Å²) in [5, 5.41) is 9.21. The SMILES string of the molecule is CCCCN(C)S(=O)(=O)N[C@@H](Cc1ccccc1)C(=O)O. The van der Waals surface area contributed by atoms with E-state index in [1.165, 1.54) is 7.05 Å². The van der Waals surface area contributed by atoms with Crippen LogP contribution in [0.5, 0.6) is 0 Å². The molecule has 7 heteroatoms. The minimum atomic E-state index is -3.79. The first-order chi connectivity index (χ1) is 9.86. The highest BCUT2D eigenvalue weighted by molar-refractivity contribution is 7.87. The number of unbranched alkanes of at least 4 members (excludes halogenated alkanes) is 1. The second-order valence-corrected chi connectivity index (χ2v) is 6.69. The normalized spacial score (nSPS) is 13.3. The molecule has 0 saturated carbocycles. The highest BCUT2D eigenvalue weighted by Crippen LogP contribution is 2.06. The van der Waals surface area contributed by atoms with Gasteiger partial charge in [-0.15, -0.1) is 0 Å². The summed E-state index contributed by atoms with van der Waals surface area (Å²) in [7, 11) is -2.35. The van der Waals surface area contributed by atoms with Gasteiger partial charge in [0.15, 0.2) is 0 Å². The fraction of sp³-hybridized carbons (Fsp3) is 0.500. The van der Waals surface area contributed by atoms with E-state index in [-0.39, 0.29) is 6.42 Å². The third-order valence-electron chi connectivity index (χ3n) is 3.11. The molecule has 0 amide bonds. The number of benzene rings is 1. The van der Waals surface area contributed by atoms with Gasteiger partial charge in [-0.2, -0.15) is 17.4 Å². The van der Waals surface area contributed by atoms with Crippen LogP contribution in [-0.2, 0) is 21.4 Å². The molecule has 0 bridgehead atoms. The molecule has 0 saturated heterocycles. The number of hydrogen-bond acceptors (Lipinski definition) is 3. The molecule has 118 valence electrons. The van der Waals surface area contributed by atoms with Crippen LogP contribution >= 0.6 is 0 Å². The Balaban J connectivity index is 2.76. The van der Waals surface area contributed by atoms with Crippen LogP contribution in [0.1, 0.15) is 25.3 Å². The Morgan fingerprint density at radius 2 is 1.95 bits per heavy atom. The molecule has 0 heterocycles. The Morgan fingerprint density at radius 1 is 1.33 bits per heavy atom. The smallest absolute Gasteiger partial charge is 0.322 e. The molecule has 1 atom stereocenters. The zero-order chi connectivity index (χ0) is 15.9. The van der Waals surface area contributed by atoms with E-state index in [9.17, 15) is 18.3 Å². The fourth-order valence-electron chi connectivity index (χ4n) is 1.80. The van der Waals surface area contributed by atoms with Gasteiger partial charge >= 0.3 is 5.97 Å². The molecule has 1 aromatic carbocycles. The maximum atomic E-state index is 12.1. The Kier molecular flexibility index (Phi) is 6.80. The zero-order valence-corrected chi connectivity index (χ0v) is 13.1. The molecule has 21 heavy (non-hydrogen) atoms. The largest absolute Gasteiger partial charge is 0.480 e. The summed E-state index contributed by atoms with van der Waals surface area (Å²) in [4.78, 5) is 11.3. The number of carboxylic acid groups (broad SMARTS) is 1. The van der Waals surface area contributed by atoms with Crippen LogP contribution < -0.4 is 4.72 Å². The molecule has 6 nitrogen and oxygen atoms in total. The summed E-state index contributed by atoms with van der Waals surface area (Å²) in [5.74, 6) is -1.19. The van der Waals surface area contributed by atoms with Gasteiger partial charge in [0.1, 0.15) is 6.04 Å². The molecule has 0 aliphatic carbocycles. The second kappa shape index (κ2) is 8.11. The van der Waals surface area contributed by atoms with Crippen molar-refractivity contribution in [3.8, 4) is 0 Å². The topological polar surface area (TPSA) is 86.7 Å². The number of rotatable bonds is 9. The molecule has 0 fully saturated rings. The predicted molar refractivity (Wildman–Crippen MR) is 81.2 cm³/mol. The standard InChI is InChI=1S/C14H22N2O4S/c1-3-4-10-16(2)21(19,20)15-13(14(17)18)11-12-8-6-5-7-9-12/h5-9,13,15H,3-4,10-11H2,1-2H3,(H,17,18)/t13-/m0/s1. The van der Waals surface area contributed by atoms with Crippen LogP contribution in [0.3, 0.4) is 0 Å². The monoisotopic (exact) mass is 314 g/mol. The average Bonchev–Trinajstić information content (AvgIpc) is 2.44. The predicted octanol–water partition coefficient (Wildman–Crippen LogP) is 1.25. The molecule has 0 spiro atoms. The molecule has 0 aliphatic rings. The highest BCUT2D eigenvalue weighted by Gasteiger charge is 2.26. The fourth-order valence-corrected chi connectivity index (χ4v) is 2.89. The maximum Gasteiger partial charge on any atom is 0.322 e. The maximum absolute atomic E-state index is 12.1. The first-order valence-corrected chi connectivity index (χ1v) is 8.31. The Morgan fingerprint density at radius 3 is 2.48 bits per heavy atom. The first kappa shape index (κ1) is 17.6. The minimum absolute atomic E-state index is 0.108. The second-order valence-electron chi connectivity index (χ2n) is 4.88. The van der Waals surface area contributed by atoms with Gasteiger partial charge < -0.3 is 5.11 Å². The van der Waals surface area contributed by atoms with Crippen molar-refractivity contribution in [1.29, 1.82) is 0 Å².